The zero-order valence-electron chi connectivity index (χ0n) is 13.3. The maximum Gasteiger partial charge on any atom is 0.340 e. The van der Waals surface area contributed by atoms with Crippen molar-refractivity contribution in [3.8, 4) is 0 Å². The van der Waals surface area contributed by atoms with Gasteiger partial charge in [0.2, 0.25) is 0 Å². The van der Waals surface area contributed by atoms with E-state index in [0.29, 0.717) is 16.3 Å². The van der Waals surface area contributed by atoms with Crippen molar-refractivity contribution < 1.29 is 19.1 Å². The fourth-order valence-corrected chi connectivity index (χ4v) is 2.16. The van der Waals surface area contributed by atoms with Crippen molar-refractivity contribution in [2.24, 2.45) is 0 Å². The molecule has 2 rings (SSSR count). The van der Waals surface area contributed by atoms with Gasteiger partial charge in [0.1, 0.15) is 0 Å². The Bertz CT molecular complexity index is 806. The normalized spacial score (nSPS) is 10.0. The van der Waals surface area contributed by atoms with E-state index in [4.69, 9.17) is 22.1 Å². The van der Waals surface area contributed by atoms with Crippen molar-refractivity contribution in [3.05, 3.63) is 58.6 Å². The highest BCUT2D eigenvalue weighted by atomic mass is 35.5. The Morgan fingerprint density at radius 2 is 1.80 bits per heavy atom. The number of nitrogens with two attached hydrogens (primary N) is 1. The Morgan fingerprint density at radius 3 is 2.40 bits per heavy atom. The number of carbonyl (C=O) groups is 3. The summed E-state index contributed by atoms with van der Waals surface area (Å²) in [6.45, 7) is -0.474. The zero-order valence-corrected chi connectivity index (χ0v) is 14.1. The molecule has 130 valence electrons. The van der Waals surface area contributed by atoms with E-state index in [1.807, 2.05) is 0 Å². The van der Waals surface area contributed by atoms with Gasteiger partial charge in [-0.05, 0) is 42.5 Å². The molecule has 4 N–H and O–H groups in total. The van der Waals surface area contributed by atoms with Crippen LogP contribution < -0.4 is 16.4 Å². The van der Waals surface area contributed by atoms with Crippen LogP contribution in [0.4, 0.5) is 11.4 Å². The molecule has 0 saturated carbocycles. The van der Waals surface area contributed by atoms with Gasteiger partial charge in [-0.25, -0.2) is 4.79 Å². The molecule has 0 unspecified atom stereocenters. The minimum atomic E-state index is -0.723. The number of anilines is 2. The average Bonchev–Trinajstić information content (AvgIpc) is 2.59. The molecule has 0 radical (unpaired) electrons. The van der Waals surface area contributed by atoms with Crippen molar-refractivity contribution in [2.75, 3.05) is 24.7 Å². The van der Waals surface area contributed by atoms with Gasteiger partial charge in [-0.3, -0.25) is 9.59 Å². The Hall–Kier alpha value is -3.06. The molecule has 0 aliphatic rings. The fourth-order valence-electron chi connectivity index (χ4n) is 1.97. The van der Waals surface area contributed by atoms with Crippen molar-refractivity contribution in [1.82, 2.24) is 5.32 Å². The summed E-state index contributed by atoms with van der Waals surface area (Å²) < 4.78 is 4.92. The summed E-state index contributed by atoms with van der Waals surface area (Å²) in [5, 5.41) is 5.45. The average molecular weight is 362 g/mol. The van der Waals surface area contributed by atoms with Gasteiger partial charge >= 0.3 is 5.97 Å². The summed E-state index contributed by atoms with van der Waals surface area (Å²) in [5.74, 6) is -1.47. The van der Waals surface area contributed by atoms with Crippen molar-refractivity contribution >= 4 is 40.8 Å². The first-order valence-electron chi connectivity index (χ1n) is 7.25. The van der Waals surface area contributed by atoms with Gasteiger partial charge in [-0.2, -0.15) is 0 Å². The number of hydrogen-bond acceptors (Lipinski definition) is 5. The standard InChI is InChI=1S/C17H16ClN3O4/c1-20-16(23)10-2-5-12(6-3-10)21-15(22)9-25-17(24)13-7-4-11(18)8-14(13)19/h2-8H,9,19H2,1H3,(H,20,23)(H,21,22). The van der Waals surface area contributed by atoms with Crippen LogP contribution in [-0.2, 0) is 9.53 Å². The first-order chi connectivity index (χ1) is 11.9. The maximum atomic E-state index is 11.9. The van der Waals surface area contributed by atoms with Crippen LogP contribution >= 0.6 is 11.6 Å². The highest BCUT2D eigenvalue weighted by Crippen LogP contribution is 2.18. The van der Waals surface area contributed by atoms with E-state index < -0.39 is 18.5 Å². The SMILES string of the molecule is CNC(=O)c1ccc(NC(=O)COC(=O)c2ccc(Cl)cc2N)cc1. The lowest BCUT2D eigenvalue weighted by molar-refractivity contribution is -0.119. The molecule has 0 spiro atoms. The molecule has 0 heterocycles. The lowest BCUT2D eigenvalue weighted by Crippen LogP contribution is -2.21. The second-order valence-corrected chi connectivity index (χ2v) is 5.45. The van der Waals surface area contributed by atoms with Crippen LogP contribution in [-0.4, -0.2) is 31.4 Å². The van der Waals surface area contributed by atoms with Crippen LogP contribution in [0.5, 0.6) is 0 Å². The molecule has 0 aliphatic heterocycles. The topological polar surface area (TPSA) is 111 Å². The Labute approximate surface area is 149 Å². The molecule has 2 amide bonds. The summed E-state index contributed by atoms with van der Waals surface area (Å²) in [4.78, 5) is 35.2. The second-order valence-electron chi connectivity index (χ2n) is 5.01. The van der Waals surface area contributed by atoms with E-state index >= 15 is 0 Å². The number of ether oxygens (including phenoxy) is 1. The summed E-state index contributed by atoms with van der Waals surface area (Å²) in [6, 6.07) is 10.6. The van der Waals surface area contributed by atoms with Crippen LogP contribution in [0.15, 0.2) is 42.5 Å². The van der Waals surface area contributed by atoms with E-state index in [9.17, 15) is 14.4 Å². The first kappa shape index (κ1) is 18.3. The summed E-state index contributed by atoms with van der Waals surface area (Å²) in [7, 11) is 1.53. The summed E-state index contributed by atoms with van der Waals surface area (Å²) >= 11 is 5.76. The third-order valence-corrected chi connectivity index (χ3v) is 3.46. The molecule has 2 aromatic rings. The van der Waals surface area contributed by atoms with Gasteiger partial charge in [0.15, 0.2) is 6.61 Å². The molecule has 25 heavy (non-hydrogen) atoms. The smallest absolute Gasteiger partial charge is 0.340 e. The lowest BCUT2D eigenvalue weighted by atomic mass is 10.2. The maximum absolute atomic E-state index is 11.9. The molecule has 0 aliphatic carbocycles. The molecule has 0 bridgehead atoms. The van der Waals surface area contributed by atoms with Crippen LogP contribution in [0, 0.1) is 0 Å². The minimum Gasteiger partial charge on any atom is -0.452 e. The number of amides is 2. The third-order valence-electron chi connectivity index (χ3n) is 3.23. The molecule has 2 aromatic carbocycles. The Balaban J connectivity index is 1.90. The largest absolute Gasteiger partial charge is 0.452 e. The fraction of sp³-hybridized carbons (Fsp3) is 0.118. The molecule has 0 aromatic heterocycles. The highest BCUT2D eigenvalue weighted by Gasteiger charge is 2.14. The molecule has 0 saturated heterocycles. The van der Waals surface area contributed by atoms with Crippen molar-refractivity contribution in [2.45, 2.75) is 0 Å². The molecule has 0 atom stereocenters. The number of carbonyl (C=O) groups excluding carboxylic acids is 3. The van der Waals surface area contributed by atoms with Crippen molar-refractivity contribution in [3.63, 3.8) is 0 Å². The zero-order chi connectivity index (χ0) is 18.4. The van der Waals surface area contributed by atoms with Crippen molar-refractivity contribution in [1.29, 1.82) is 0 Å². The Morgan fingerprint density at radius 1 is 1.12 bits per heavy atom. The molecule has 8 heteroatoms. The monoisotopic (exact) mass is 361 g/mol. The quantitative estimate of drug-likeness (QED) is 0.557. The van der Waals surface area contributed by atoms with Gasteiger partial charge < -0.3 is 21.1 Å². The molecule has 0 fully saturated rings. The van der Waals surface area contributed by atoms with Crippen LogP contribution in [0.25, 0.3) is 0 Å². The summed E-state index contributed by atoms with van der Waals surface area (Å²) in [6.07, 6.45) is 0. The van der Waals surface area contributed by atoms with E-state index in [-0.39, 0.29) is 17.2 Å². The Kier molecular flexibility index (Phi) is 5.97. The number of hydrogen-bond donors (Lipinski definition) is 3. The number of nitrogens with one attached hydrogen (secondary N) is 2. The predicted molar refractivity (Wildman–Crippen MR) is 94.6 cm³/mol. The van der Waals surface area contributed by atoms with Crippen LogP contribution in [0.1, 0.15) is 20.7 Å². The molecular formula is C17H16ClN3O4. The van der Waals surface area contributed by atoms with E-state index in [1.165, 1.54) is 25.2 Å². The van der Waals surface area contributed by atoms with E-state index in [2.05, 4.69) is 10.6 Å². The third kappa shape index (κ3) is 4.95. The van der Waals surface area contributed by atoms with Gasteiger partial charge in [-0.1, -0.05) is 11.6 Å². The van der Waals surface area contributed by atoms with E-state index in [1.54, 1.807) is 24.3 Å². The predicted octanol–water partition coefficient (Wildman–Crippen LogP) is 2.08. The lowest BCUT2D eigenvalue weighted by Gasteiger charge is -2.08. The molecule has 7 nitrogen and oxygen atoms in total. The number of esters is 1. The number of benzene rings is 2. The van der Waals surface area contributed by atoms with Gasteiger partial charge in [0.25, 0.3) is 11.8 Å². The van der Waals surface area contributed by atoms with Gasteiger partial charge in [0.05, 0.1) is 5.56 Å². The van der Waals surface area contributed by atoms with E-state index in [0.717, 1.165) is 0 Å². The van der Waals surface area contributed by atoms with Crippen LogP contribution in [0.2, 0.25) is 5.02 Å². The number of halogens is 1. The second kappa shape index (κ2) is 8.16. The number of rotatable bonds is 5. The minimum absolute atomic E-state index is 0.132. The van der Waals surface area contributed by atoms with Gasteiger partial charge in [-0.15, -0.1) is 0 Å². The highest BCUT2D eigenvalue weighted by molar-refractivity contribution is 6.31. The van der Waals surface area contributed by atoms with Gasteiger partial charge in [0, 0.05) is 29.0 Å². The molecular weight excluding hydrogens is 346 g/mol. The summed E-state index contributed by atoms with van der Waals surface area (Å²) in [5.41, 5.74) is 6.92. The van der Waals surface area contributed by atoms with Crippen LogP contribution in [0.3, 0.4) is 0 Å². The first-order valence-corrected chi connectivity index (χ1v) is 7.62. The number of nitrogen functional groups attached to an aromatic ring is 1.